The molecule has 1 aliphatic rings. The van der Waals surface area contributed by atoms with Gasteiger partial charge in [0.1, 0.15) is 0 Å². The lowest BCUT2D eigenvalue weighted by Crippen LogP contribution is -2.44. The zero-order valence-corrected chi connectivity index (χ0v) is 19.3. The molecule has 2 unspecified atom stereocenters. The summed E-state index contributed by atoms with van der Waals surface area (Å²) < 4.78 is 6.18. The molecule has 1 amide bonds. The molecular weight excluding hydrogens is 422 g/mol. The molecule has 0 saturated heterocycles. The molecule has 1 aliphatic carbocycles. The van der Waals surface area contributed by atoms with Crippen molar-refractivity contribution in [3.05, 3.63) is 36.0 Å². The smallest absolute Gasteiger partial charge is 0.396 e. The van der Waals surface area contributed by atoms with Crippen LogP contribution in [-0.2, 0) is 19.7 Å². The van der Waals surface area contributed by atoms with Gasteiger partial charge in [-0.15, -0.1) is 5.10 Å². The van der Waals surface area contributed by atoms with Crippen molar-refractivity contribution in [3.8, 4) is 5.69 Å². The van der Waals surface area contributed by atoms with E-state index < -0.39 is 11.9 Å². The summed E-state index contributed by atoms with van der Waals surface area (Å²) in [6, 6.07) is 8.16. The van der Waals surface area contributed by atoms with Gasteiger partial charge in [0, 0.05) is 12.1 Å². The third kappa shape index (κ3) is 5.10. The van der Waals surface area contributed by atoms with E-state index in [4.69, 9.17) is 0 Å². The largest absolute Gasteiger partial charge is 0.462 e. The number of hydrogen-bond acceptors (Lipinski definition) is 8. The van der Waals surface area contributed by atoms with E-state index in [1.165, 1.54) is 12.7 Å². The molecule has 0 spiro atoms. The highest BCUT2D eigenvalue weighted by Gasteiger charge is 2.26. The second-order valence-electron chi connectivity index (χ2n) is 9.37. The molecule has 10 heteroatoms. The summed E-state index contributed by atoms with van der Waals surface area (Å²) in [6.45, 7) is 6.53. The van der Waals surface area contributed by atoms with E-state index in [-0.39, 0.29) is 17.5 Å². The predicted molar refractivity (Wildman–Crippen MR) is 123 cm³/mol. The fourth-order valence-corrected chi connectivity index (χ4v) is 4.05. The maximum absolute atomic E-state index is 11.8. The molecule has 2 atom stereocenters. The number of anilines is 1. The van der Waals surface area contributed by atoms with E-state index >= 15 is 0 Å². The van der Waals surface area contributed by atoms with Crippen LogP contribution in [0.2, 0.25) is 0 Å². The molecule has 33 heavy (non-hydrogen) atoms. The van der Waals surface area contributed by atoms with Gasteiger partial charge in [-0.3, -0.25) is 4.79 Å². The van der Waals surface area contributed by atoms with Crippen molar-refractivity contribution in [2.24, 2.45) is 0 Å². The van der Waals surface area contributed by atoms with Gasteiger partial charge in [0.05, 0.1) is 19.0 Å². The van der Waals surface area contributed by atoms with Crippen LogP contribution in [0.5, 0.6) is 0 Å². The maximum atomic E-state index is 11.8. The molecule has 2 aromatic heterocycles. The summed E-state index contributed by atoms with van der Waals surface area (Å²) in [5.41, 5.74) is 3.39. The van der Waals surface area contributed by atoms with E-state index in [0.29, 0.717) is 23.5 Å². The first-order valence-electron chi connectivity index (χ1n) is 11.1. The zero-order valence-electron chi connectivity index (χ0n) is 19.3. The molecular formula is C23H29N7O3. The van der Waals surface area contributed by atoms with Crippen molar-refractivity contribution in [2.75, 3.05) is 12.4 Å². The standard InChI is InChI=1S/C23H29N7O3/c1-23(2,3)14-8-10-17(11-9-14)30-19-18(28-29-30)13-24-22(27-19)26-16-7-5-6-15(12-16)25-20(31)21(32)33-4/h8-11,13,15-16H,5-7,12H2,1-4H3,(H,25,31)(H,24,26,27). The predicted octanol–water partition coefficient (Wildman–Crippen LogP) is 2.52. The van der Waals surface area contributed by atoms with Crippen LogP contribution in [0.15, 0.2) is 30.5 Å². The van der Waals surface area contributed by atoms with E-state index in [1.54, 1.807) is 10.9 Å². The van der Waals surface area contributed by atoms with Crippen LogP contribution < -0.4 is 10.6 Å². The third-order valence-electron chi connectivity index (χ3n) is 5.88. The lowest BCUT2D eigenvalue weighted by atomic mass is 9.87. The Morgan fingerprint density at radius 2 is 1.85 bits per heavy atom. The van der Waals surface area contributed by atoms with Gasteiger partial charge in [-0.05, 0) is 48.8 Å². The normalized spacial score (nSPS) is 18.7. The number of carbonyl (C=O) groups is 2. The summed E-state index contributed by atoms with van der Waals surface area (Å²) in [6.07, 6.45) is 4.94. The van der Waals surface area contributed by atoms with Crippen LogP contribution in [0.25, 0.3) is 16.9 Å². The van der Waals surface area contributed by atoms with Crippen molar-refractivity contribution in [2.45, 2.75) is 64.0 Å². The van der Waals surface area contributed by atoms with Crippen LogP contribution in [0.1, 0.15) is 52.0 Å². The number of amides is 1. The van der Waals surface area contributed by atoms with E-state index in [2.05, 4.69) is 68.6 Å². The minimum Gasteiger partial charge on any atom is -0.462 e. The highest BCUT2D eigenvalue weighted by molar-refractivity contribution is 6.32. The van der Waals surface area contributed by atoms with Gasteiger partial charge < -0.3 is 15.4 Å². The Hall–Kier alpha value is -3.56. The lowest BCUT2D eigenvalue weighted by molar-refractivity contribution is -0.153. The number of rotatable bonds is 4. The fraction of sp³-hybridized carbons (Fsp3) is 0.478. The molecule has 1 saturated carbocycles. The van der Waals surface area contributed by atoms with Crippen LogP contribution >= 0.6 is 0 Å². The first-order chi connectivity index (χ1) is 15.7. The van der Waals surface area contributed by atoms with Crippen molar-refractivity contribution in [3.63, 3.8) is 0 Å². The number of nitrogens with one attached hydrogen (secondary N) is 2. The summed E-state index contributed by atoms with van der Waals surface area (Å²) in [5, 5.41) is 14.5. The summed E-state index contributed by atoms with van der Waals surface area (Å²) in [4.78, 5) is 32.3. The number of ether oxygens (including phenoxy) is 1. The van der Waals surface area contributed by atoms with Crippen LogP contribution in [0, 0.1) is 0 Å². The van der Waals surface area contributed by atoms with Crippen molar-refractivity contribution in [1.82, 2.24) is 30.3 Å². The Balaban J connectivity index is 1.49. The minimum atomic E-state index is -0.879. The summed E-state index contributed by atoms with van der Waals surface area (Å²) in [5.74, 6) is -1.12. The first-order valence-corrected chi connectivity index (χ1v) is 11.1. The van der Waals surface area contributed by atoms with Gasteiger partial charge in [0.25, 0.3) is 0 Å². The van der Waals surface area contributed by atoms with E-state index in [9.17, 15) is 9.59 Å². The number of aromatic nitrogens is 5. The summed E-state index contributed by atoms with van der Waals surface area (Å²) in [7, 11) is 1.19. The molecule has 1 aromatic carbocycles. The van der Waals surface area contributed by atoms with Gasteiger partial charge in [0.2, 0.25) is 5.95 Å². The van der Waals surface area contributed by atoms with Gasteiger partial charge in [-0.25, -0.2) is 9.78 Å². The van der Waals surface area contributed by atoms with Crippen LogP contribution in [0.3, 0.4) is 0 Å². The monoisotopic (exact) mass is 451 g/mol. The molecule has 0 bridgehead atoms. The SMILES string of the molecule is COC(=O)C(=O)NC1CCCC(Nc2ncc3nnn(-c4ccc(C(C)(C)C)cc4)c3n2)C1. The molecule has 0 aliphatic heterocycles. The lowest BCUT2D eigenvalue weighted by Gasteiger charge is -2.30. The summed E-state index contributed by atoms with van der Waals surface area (Å²) >= 11 is 0. The Kier molecular flexibility index (Phi) is 6.26. The number of benzene rings is 1. The number of carbonyl (C=O) groups excluding carboxylic acids is 2. The first kappa shape index (κ1) is 22.6. The number of esters is 1. The zero-order chi connectivity index (χ0) is 23.6. The van der Waals surface area contributed by atoms with Crippen molar-refractivity contribution in [1.29, 1.82) is 0 Å². The number of methoxy groups -OCH3 is 1. The minimum absolute atomic E-state index is 0.0644. The molecule has 4 rings (SSSR count). The molecule has 174 valence electrons. The number of nitrogens with zero attached hydrogens (tertiary/aromatic N) is 5. The molecule has 2 N–H and O–H groups in total. The van der Waals surface area contributed by atoms with Crippen molar-refractivity contribution >= 4 is 29.0 Å². The van der Waals surface area contributed by atoms with Gasteiger partial charge in [-0.2, -0.15) is 9.67 Å². The molecule has 2 heterocycles. The Bertz CT molecular complexity index is 1150. The van der Waals surface area contributed by atoms with E-state index in [0.717, 1.165) is 24.9 Å². The van der Waals surface area contributed by atoms with Gasteiger partial charge in [0.15, 0.2) is 11.2 Å². The van der Waals surface area contributed by atoms with Crippen molar-refractivity contribution < 1.29 is 14.3 Å². The molecule has 10 nitrogen and oxygen atoms in total. The Morgan fingerprint density at radius 3 is 2.55 bits per heavy atom. The third-order valence-corrected chi connectivity index (χ3v) is 5.88. The van der Waals surface area contributed by atoms with Crippen LogP contribution in [0.4, 0.5) is 5.95 Å². The Morgan fingerprint density at radius 1 is 1.12 bits per heavy atom. The van der Waals surface area contributed by atoms with E-state index in [1.807, 2.05) is 12.1 Å². The number of fused-ring (bicyclic) bond motifs is 1. The quantitative estimate of drug-likeness (QED) is 0.458. The Labute approximate surface area is 192 Å². The average Bonchev–Trinajstić information content (AvgIpc) is 3.21. The topological polar surface area (TPSA) is 124 Å². The van der Waals surface area contributed by atoms with Gasteiger partial charge >= 0.3 is 11.9 Å². The highest BCUT2D eigenvalue weighted by atomic mass is 16.5. The highest BCUT2D eigenvalue weighted by Crippen LogP contribution is 2.25. The average molecular weight is 452 g/mol. The molecule has 3 aromatic rings. The maximum Gasteiger partial charge on any atom is 0.396 e. The second kappa shape index (κ2) is 9.13. The molecule has 0 radical (unpaired) electrons. The molecule has 1 fully saturated rings. The van der Waals surface area contributed by atoms with Gasteiger partial charge in [-0.1, -0.05) is 38.1 Å². The number of hydrogen-bond donors (Lipinski definition) is 2. The fourth-order valence-electron chi connectivity index (χ4n) is 4.05. The van der Waals surface area contributed by atoms with Crippen LogP contribution in [-0.4, -0.2) is 56.0 Å². The second-order valence-corrected chi connectivity index (χ2v) is 9.37.